The van der Waals surface area contributed by atoms with Gasteiger partial charge in [-0.05, 0) is 32.0 Å². The zero-order valence-electron chi connectivity index (χ0n) is 10.7. The molecular weight excluding hydrogens is 228 g/mol. The van der Waals surface area contributed by atoms with Crippen molar-refractivity contribution >= 4 is 5.65 Å². The van der Waals surface area contributed by atoms with Crippen LogP contribution in [-0.2, 0) is 6.42 Å². The van der Waals surface area contributed by atoms with Crippen LogP contribution in [0.15, 0.2) is 18.3 Å². The van der Waals surface area contributed by atoms with Gasteiger partial charge in [0.05, 0.1) is 7.11 Å². The topological polar surface area (TPSA) is 42.7 Å². The van der Waals surface area contributed by atoms with Crippen molar-refractivity contribution in [1.82, 2.24) is 19.5 Å². The first-order chi connectivity index (χ1) is 8.86. The molecule has 1 aliphatic rings. The number of hydrogen-bond donors (Lipinski definition) is 0. The van der Waals surface area contributed by atoms with Crippen LogP contribution in [0.25, 0.3) is 5.65 Å². The van der Waals surface area contributed by atoms with Crippen molar-refractivity contribution in [2.75, 3.05) is 26.7 Å². The second-order valence-electron chi connectivity index (χ2n) is 4.71. The largest absolute Gasteiger partial charge is 0.497 e. The molecule has 5 heteroatoms. The number of fused-ring (bicyclic) bond motifs is 1. The van der Waals surface area contributed by atoms with E-state index in [1.165, 1.54) is 25.9 Å². The maximum absolute atomic E-state index is 5.18. The van der Waals surface area contributed by atoms with Gasteiger partial charge in [0.2, 0.25) is 0 Å². The first-order valence-corrected chi connectivity index (χ1v) is 6.47. The second kappa shape index (κ2) is 4.94. The maximum Gasteiger partial charge on any atom is 0.164 e. The van der Waals surface area contributed by atoms with Crippen molar-refractivity contribution in [2.24, 2.45) is 0 Å². The Morgan fingerprint density at radius 2 is 2.11 bits per heavy atom. The first kappa shape index (κ1) is 11.5. The minimum atomic E-state index is 0.820. The fraction of sp³-hybridized carbons (Fsp3) is 0.538. The van der Waals surface area contributed by atoms with E-state index in [1.54, 1.807) is 7.11 Å². The molecule has 5 nitrogen and oxygen atoms in total. The quantitative estimate of drug-likeness (QED) is 0.817. The van der Waals surface area contributed by atoms with Crippen LogP contribution in [0.4, 0.5) is 0 Å². The van der Waals surface area contributed by atoms with Gasteiger partial charge in [-0.3, -0.25) is 4.40 Å². The number of ether oxygens (including phenoxy) is 1. The van der Waals surface area contributed by atoms with Crippen LogP contribution in [0.3, 0.4) is 0 Å². The van der Waals surface area contributed by atoms with Crippen molar-refractivity contribution < 1.29 is 4.74 Å². The third kappa shape index (κ3) is 2.18. The normalized spacial score (nSPS) is 16.5. The number of likely N-dealkylation sites (tertiary alicyclic amines) is 1. The van der Waals surface area contributed by atoms with Gasteiger partial charge in [-0.25, -0.2) is 0 Å². The summed E-state index contributed by atoms with van der Waals surface area (Å²) in [6.45, 7) is 3.53. The summed E-state index contributed by atoms with van der Waals surface area (Å²) < 4.78 is 7.22. The molecule has 0 N–H and O–H groups in total. The van der Waals surface area contributed by atoms with Crippen LogP contribution >= 0.6 is 0 Å². The molecule has 1 aliphatic heterocycles. The van der Waals surface area contributed by atoms with Crippen LogP contribution in [0.5, 0.6) is 5.75 Å². The number of rotatable bonds is 4. The Morgan fingerprint density at radius 3 is 2.89 bits per heavy atom. The Kier molecular flexibility index (Phi) is 3.15. The van der Waals surface area contributed by atoms with Crippen LogP contribution in [0.1, 0.15) is 18.7 Å². The predicted octanol–water partition coefficient (Wildman–Crippen LogP) is 1.38. The monoisotopic (exact) mass is 246 g/mol. The highest BCUT2D eigenvalue weighted by Crippen LogP contribution is 2.14. The van der Waals surface area contributed by atoms with E-state index < -0.39 is 0 Å². The van der Waals surface area contributed by atoms with Crippen molar-refractivity contribution in [3.63, 3.8) is 0 Å². The van der Waals surface area contributed by atoms with Crippen LogP contribution in [-0.4, -0.2) is 46.2 Å². The summed E-state index contributed by atoms with van der Waals surface area (Å²) in [6.07, 6.45) is 5.59. The molecule has 0 amide bonds. The van der Waals surface area contributed by atoms with E-state index in [1.807, 2.05) is 22.7 Å². The molecule has 0 spiro atoms. The molecule has 2 aromatic heterocycles. The zero-order valence-corrected chi connectivity index (χ0v) is 10.7. The van der Waals surface area contributed by atoms with E-state index in [0.717, 1.165) is 30.2 Å². The van der Waals surface area contributed by atoms with Gasteiger partial charge in [-0.15, -0.1) is 10.2 Å². The average Bonchev–Trinajstić information content (AvgIpc) is 3.05. The van der Waals surface area contributed by atoms with Gasteiger partial charge in [-0.1, -0.05) is 0 Å². The Bertz CT molecular complexity index is 531. The van der Waals surface area contributed by atoms with Crippen LogP contribution < -0.4 is 4.74 Å². The van der Waals surface area contributed by atoms with E-state index >= 15 is 0 Å². The van der Waals surface area contributed by atoms with Crippen molar-refractivity contribution in [1.29, 1.82) is 0 Å². The second-order valence-corrected chi connectivity index (χ2v) is 4.71. The van der Waals surface area contributed by atoms with E-state index in [2.05, 4.69) is 15.1 Å². The van der Waals surface area contributed by atoms with Gasteiger partial charge in [0.1, 0.15) is 11.6 Å². The molecule has 3 rings (SSSR count). The molecule has 0 radical (unpaired) electrons. The Labute approximate surface area is 106 Å². The van der Waals surface area contributed by atoms with Gasteiger partial charge >= 0.3 is 0 Å². The summed E-state index contributed by atoms with van der Waals surface area (Å²) in [5.41, 5.74) is 0.853. The molecule has 0 aromatic carbocycles. The van der Waals surface area contributed by atoms with Gasteiger partial charge in [0.25, 0.3) is 0 Å². The van der Waals surface area contributed by atoms with Crippen molar-refractivity contribution in [3.05, 3.63) is 24.2 Å². The highest BCUT2D eigenvalue weighted by molar-refractivity contribution is 5.44. The Hall–Kier alpha value is -1.62. The molecule has 0 saturated carbocycles. The standard InChI is InChI=1S/C13H18N4O/c1-18-11-4-9-17-12(14-15-13(17)10-11)5-8-16-6-2-3-7-16/h4,9-10H,2-3,5-8H2,1H3. The minimum Gasteiger partial charge on any atom is -0.497 e. The smallest absolute Gasteiger partial charge is 0.164 e. The summed E-state index contributed by atoms with van der Waals surface area (Å²) in [7, 11) is 1.66. The fourth-order valence-electron chi connectivity index (χ4n) is 2.48. The molecule has 0 aliphatic carbocycles. The van der Waals surface area contributed by atoms with Gasteiger partial charge in [-0.2, -0.15) is 0 Å². The van der Waals surface area contributed by atoms with E-state index in [4.69, 9.17) is 4.74 Å². The third-order valence-corrected chi connectivity index (χ3v) is 3.54. The summed E-state index contributed by atoms with van der Waals surface area (Å²) >= 11 is 0. The molecule has 1 saturated heterocycles. The van der Waals surface area contributed by atoms with E-state index in [-0.39, 0.29) is 0 Å². The Morgan fingerprint density at radius 1 is 1.28 bits per heavy atom. The SMILES string of the molecule is COc1ccn2c(CCN3CCCC3)nnc2c1. The van der Waals surface area contributed by atoms with Crippen molar-refractivity contribution in [2.45, 2.75) is 19.3 Å². The highest BCUT2D eigenvalue weighted by Gasteiger charge is 2.13. The zero-order chi connectivity index (χ0) is 12.4. The first-order valence-electron chi connectivity index (χ1n) is 6.47. The molecule has 18 heavy (non-hydrogen) atoms. The van der Waals surface area contributed by atoms with Crippen molar-refractivity contribution in [3.8, 4) is 5.75 Å². The number of aromatic nitrogens is 3. The molecule has 0 bridgehead atoms. The summed E-state index contributed by atoms with van der Waals surface area (Å²) in [6, 6.07) is 3.85. The van der Waals surface area contributed by atoms with Crippen LogP contribution in [0, 0.1) is 0 Å². The molecule has 3 heterocycles. The lowest BCUT2D eigenvalue weighted by Gasteiger charge is -2.13. The van der Waals surface area contributed by atoms with E-state index in [9.17, 15) is 0 Å². The van der Waals surface area contributed by atoms with Gasteiger partial charge < -0.3 is 9.64 Å². The molecule has 96 valence electrons. The number of hydrogen-bond acceptors (Lipinski definition) is 4. The van der Waals surface area contributed by atoms with Gasteiger partial charge in [0.15, 0.2) is 5.65 Å². The highest BCUT2D eigenvalue weighted by atomic mass is 16.5. The summed E-state index contributed by atoms with van der Waals surface area (Å²) in [5, 5.41) is 8.45. The van der Waals surface area contributed by atoms with Crippen LogP contribution in [0.2, 0.25) is 0 Å². The molecule has 0 unspecified atom stereocenters. The summed E-state index contributed by atoms with van der Waals surface area (Å²) in [4.78, 5) is 2.49. The number of methoxy groups -OCH3 is 1. The number of nitrogens with zero attached hydrogens (tertiary/aromatic N) is 4. The lowest BCUT2D eigenvalue weighted by Crippen LogP contribution is -2.22. The maximum atomic E-state index is 5.18. The molecular formula is C13H18N4O. The molecule has 0 atom stereocenters. The lowest BCUT2D eigenvalue weighted by molar-refractivity contribution is 0.340. The van der Waals surface area contributed by atoms with E-state index in [0.29, 0.717) is 0 Å². The summed E-state index contributed by atoms with van der Waals surface area (Å²) in [5.74, 6) is 1.85. The third-order valence-electron chi connectivity index (χ3n) is 3.54. The predicted molar refractivity (Wildman–Crippen MR) is 68.9 cm³/mol. The fourth-order valence-corrected chi connectivity index (χ4v) is 2.48. The average molecular weight is 246 g/mol. The molecule has 2 aromatic rings. The molecule has 1 fully saturated rings. The van der Waals surface area contributed by atoms with Gasteiger partial charge in [0, 0.05) is 25.2 Å². The number of pyridine rings is 1. The Balaban J connectivity index is 1.75. The minimum absolute atomic E-state index is 0.820. The lowest BCUT2D eigenvalue weighted by atomic mass is 10.3.